The van der Waals surface area contributed by atoms with E-state index in [0.717, 1.165) is 5.75 Å². The van der Waals surface area contributed by atoms with Gasteiger partial charge in [0.15, 0.2) is 0 Å². The first-order chi connectivity index (χ1) is 7.74. The largest absolute Gasteiger partial charge is 0.497 e. The van der Waals surface area contributed by atoms with E-state index in [1.807, 2.05) is 18.2 Å². The van der Waals surface area contributed by atoms with E-state index < -0.39 is 0 Å². The van der Waals surface area contributed by atoms with Crippen LogP contribution < -0.4 is 10.1 Å². The Hall–Kier alpha value is -1.55. The van der Waals surface area contributed by atoms with Gasteiger partial charge in [-0.15, -0.1) is 0 Å². The van der Waals surface area contributed by atoms with Gasteiger partial charge in [0.05, 0.1) is 14.2 Å². The number of esters is 1. The number of ether oxygens (including phenoxy) is 2. The number of nitrogens with one attached hydrogen (secondary N) is 1. The fourth-order valence-electron chi connectivity index (χ4n) is 1.93. The molecule has 1 N–H and O–H groups in total. The van der Waals surface area contributed by atoms with Crippen molar-refractivity contribution in [2.24, 2.45) is 0 Å². The Balaban J connectivity index is 2.18. The average molecular weight is 221 g/mol. The number of hydrogen-bond acceptors (Lipinski definition) is 4. The lowest BCUT2D eigenvalue weighted by molar-refractivity contribution is -0.143. The Kier molecular flexibility index (Phi) is 3.10. The van der Waals surface area contributed by atoms with Gasteiger partial charge in [-0.3, -0.25) is 4.79 Å². The van der Waals surface area contributed by atoms with Crippen LogP contribution in [-0.4, -0.2) is 26.2 Å². The molecule has 1 aliphatic heterocycles. The van der Waals surface area contributed by atoms with Gasteiger partial charge in [0.25, 0.3) is 0 Å². The van der Waals surface area contributed by atoms with Gasteiger partial charge in [-0.1, -0.05) is 6.07 Å². The summed E-state index contributed by atoms with van der Waals surface area (Å²) in [4.78, 5) is 11.4. The molecule has 0 radical (unpaired) electrons. The molecule has 0 fully saturated rings. The summed E-state index contributed by atoms with van der Waals surface area (Å²) in [7, 11) is 3.06. The second kappa shape index (κ2) is 4.53. The van der Waals surface area contributed by atoms with Crippen molar-refractivity contribution < 1.29 is 14.3 Å². The first-order valence-electron chi connectivity index (χ1n) is 5.21. The van der Waals surface area contributed by atoms with Crippen molar-refractivity contribution in [3.8, 4) is 5.75 Å². The number of benzene rings is 1. The van der Waals surface area contributed by atoms with Gasteiger partial charge in [-0.05, 0) is 29.7 Å². The van der Waals surface area contributed by atoms with Gasteiger partial charge in [-0.25, -0.2) is 0 Å². The molecule has 86 valence electrons. The van der Waals surface area contributed by atoms with Gasteiger partial charge in [-0.2, -0.15) is 0 Å². The fraction of sp³-hybridized carbons (Fsp3) is 0.417. The molecular weight excluding hydrogens is 206 g/mol. The minimum atomic E-state index is -0.231. The number of carbonyl (C=O) groups excluding carboxylic acids is 1. The van der Waals surface area contributed by atoms with E-state index in [4.69, 9.17) is 9.47 Å². The van der Waals surface area contributed by atoms with Crippen LogP contribution in [0.25, 0.3) is 0 Å². The second-order valence-corrected chi connectivity index (χ2v) is 3.80. The highest BCUT2D eigenvalue weighted by Gasteiger charge is 2.24. The molecule has 0 saturated carbocycles. The standard InChI is InChI=1S/C12H15NO3/c1-15-10-4-3-8-6-11(12(14)16-2)13-7-9(8)5-10/h3-5,11,13H,6-7H2,1-2H3. The Morgan fingerprint density at radius 2 is 2.19 bits per heavy atom. The summed E-state index contributed by atoms with van der Waals surface area (Å²) in [6.07, 6.45) is 0.673. The van der Waals surface area contributed by atoms with E-state index in [1.165, 1.54) is 18.2 Å². The molecule has 1 aromatic rings. The molecule has 0 aliphatic carbocycles. The quantitative estimate of drug-likeness (QED) is 0.753. The molecule has 1 unspecified atom stereocenters. The van der Waals surface area contributed by atoms with Gasteiger partial charge in [0.2, 0.25) is 0 Å². The minimum Gasteiger partial charge on any atom is -0.497 e. The van der Waals surface area contributed by atoms with Crippen LogP contribution in [0.1, 0.15) is 11.1 Å². The lowest BCUT2D eigenvalue weighted by Crippen LogP contribution is -2.42. The van der Waals surface area contributed by atoms with E-state index in [-0.39, 0.29) is 12.0 Å². The number of methoxy groups -OCH3 is 2. The molecule has 0 bridgehead atoms. The van der Waals surface area contributed by atoms with Crippen LogP contribution in [-0.2, 0) is 22.5 Å². The first-order valence-corrected chi connectivity index (χ1v) is 5.21. The highest BCUT2D eigenvalue weighted by Crippen LogP contribution is 2.22. The normalized spacial score (nSPS) is 18.8. The number of rotatable bonds is 2. The maximum atomic E-state index is 11.4. The summed E-state index contributed by atoms with van der Waals surface area (Å²) in [6, 6.07) is 5.69. The zero-order valence-corrected chi connectivity index (χ0v) is 9.45. The maximum absolute atomic E-state index is 11.4. The Morgan fingerprint density at radius 3 is 2.88 bits per heavy atom. The molecule has 0 amide bonds. The Bertz CT molecular complexity index is 403. The lowest BCUT2D eigenvalue weighted by Gasteiger charge is -2.24. The summed E-state index contributed by atoms with van der Waals surface area (Å²) in [5, 5.41) is 3.15. The van der Waals surface area contributed by atoms with Crippen LogP contribution in [0, 0.1) is 0 Å². The molecule has 1 aliphatic rings. The van der Waals surface area contributed by atoms with E-state index in [2.05, 4.69) is 5.32 Å². The summed E-state index contributed by atoms with van der Waals surface area (Å²) < 4.78 is 9.88. The zero-order chi connectivity index (χ0) is 11.5. The van der Waals surface area contributed by atoms with Gasteiger partial charge in [0, 0.05) is 6.54 Å². The molecule has 2 rings (SSSR count). The number of fused-ring (bicyclic) bond motifs is 1. The summed E-state index contributed by atoms with van der Waals surface area (Å²) in [6.45, 7) is 0.673. The lowest BCUT2D eigenvalue weighted by atomic mass is 9.95. The fourth-order valence-corrected chi connectivity index (χ4v) is 1.93. The van der Waals surface area contributed by atoms with E-state index >= 15 is 0 Å². The van der Waals surface area contributed by atoms with Crippen LogP contribution in [0.5, 0.6) is 5.75 Å². The molecule has 16 heavy (non-hydrogen) atoms. The maximum Gasteiger partial charge on any atom is 0.323 e. The molecule has 4 nitrogen and oxygen atoms in total. The molecule has 0 aromatic heterocycles. The van der Waals surface area contributed by atoms with Crippen molar-refractivity contribution in [3.63, 3.8) is 0 Å². The van der Waals surface area contributed by atoms with Gasteiger partial charge < -0.3 is 14.8 Å². The topological polar surface area (TPSA) is 47.6 Å². The number of carbonyl (C=O) groups is 1. The van der Waals surface area contributed by atoms with Crippen molar-refractivity contribution in [1.29, 1.82) is 0 Å². The predicted molar refractivity (Wildman–Crippen MR) is 59.3 cm³/mol. The second-order valence-electron chi connectivity index (χ2n) is 3.80. The van der Waals surface area contributed by atoms with Crippen molar-refractivity contribution >= 4 is 5.97 Å². The minimum absolute atomic E-state index is 0.207. The van der Waals surface area contributed by atoms with Gasteiger partial charge in [0.1, 0.15) is 11.8 Å². The molecule has 0 spiro atoms. The third-order valence-corrected chi connectivity index (χ3v) is 2.86. The summed E-state index contributed by atoms with van der Waals surface area (Å²) >= 11 is 0. The first kappa shape index (κ1) is 11.0. The third kappa shape index (κ3) is 2.02. The molecule has 1 aromatic carbocycles. The Morgan fingerprint density at radius 1 is 1.38 bits per heavy atom. The third-order valence-electron chi connectivity index (χ3n) is 2.86. The van der Waals surface area contributed by atoms with Crippen LogP contribution in [0.15, 0.2) is 18.2 Å². The smallest absolute Gasteiger partial charge is 0.323 e. The highest BCUT2D eigenvalue weighted by atomic mass is 16.5. The highest BCUT2D eigenvalue weighted by molar-refractivity contribution is 5.76. The Labute approximate surface area is 94.6 Å². The van der Waals surface area contributed by atoms with E-state index in [1.54, 1.807) is 7.11 Å². The molecular formula is C12H15NO3. The van der Waals surface area contributed by atoms with Crippen molar-refractivity contribution in [1.82, 2.24) is 5.32 Å². The predicted octanol–water partition coefficient (Wildman–Crippen LogP) is 0.882. The molecule has 1 atom stereocenters. The SMILES string of the molecule is COC(=O)C1Cc2ccc(OC)cc2CN1. The average Bonchev–Trinajstić information content (AvgIpc) is 2.36. The number of hydrogen-bond donors (Lipinski definition) is 1. The molecule has 1 heterocycles. The van der Waals surface area contributed by atoms with Gasteiger partial charge >= 0.3 is 5.97 Å². The monoisotopic (exact) mass is 221 g/mol. The van der Waals surface area contributed by atoms with Crippen LogP contribution in [0.3, 0.4) is 0 Å². The van der Waals surface area contributed by atoms with Crippen molar-refractivity contribution in [2.45, 2.75) is 19.0 Å². The van der Waals surface area contributed by atoms with Crippen LogP contribution in [0.2, 0.25) is 0 Å². The summed E-state index contributed by atoms with van der Waals surface area (Å²) in [5.74, 6) is 0.638. The molecule has 4 heteroatoms. The van der Waals surface area contributed by atoms with Crippen molar-refractivity contribution in [2.75, 3.05) is 14.2 Å². The zero-order valence-electron chi connectivity index (χ0n) is 9.45. The summed E-state index contributed by atoms with van der Waals surface area (Å²) in [5.41, 5.74) is 2.36. The van der Waals surface area contributed by atoms with E-state index in [0.29, 0.717) is 13.0 Å². The van der Waals surface area contributed by atoms with Crippen LogP contribution >= 0.6 is 0 Å². The van der Waals surface area contributed by atoms with Crippen molar-refractivity contribution in [3.05, 3.63) is 29.3 Å². The van der Waals surface area contributed by atoms with Crippen LogP contribution in [0.4, 0.5) is 0 Å². The molecule has 0 saturated heterocycles. The van der Waals surface area contributed by atoms with E-state index in [9.17, 15) is 4.79 Å².